The fourth-order valence-electron chi connectivity index (χ4n) is 2.01. The highest BCUT2D eigenvalue weighted by Gasteiger charge is 2.16. The number of anilines is 1. The lowest BCUT2D eigenvalue weighted by atomic mass is 10.3. The molecule has 1 N–H and O–H groups in total. The molecule has 3 rings (SSSR count). The van der Waals surface area contributed by atoms with Gasteiger partial charge in [0.05, 0.1) is 24.2 Å². The van der Waals surface area contributed by atoms with Crippen LogP contribution < -0.4 is 10.5 Å². The van der Waals surface area contributed by atoms with Crippen molar-refractivity contribution < 1.29 is 4.74 Å². The second kappa shape index (κ2) is 6.33. The number of hydrogen-bond donors (Lipinski definition) is 1. The zero-order valence-electron chi connectivity index (χ0n) is 11.3. The van der Waals surface area contributed by atoms with Gasteiger partial charge in [0.2, 0.25) is 0 Å². The molecule has 102 valence electrons. The highest BCUT2D eigenvalue weighted by molar-refractivity contribution is 5.75. The Morgan fingerprint density at radius 2 is 1.89 bits per heavy atom. The van der Waals surface area contributed by atoms with Gasteiger partial charge in [-0.25, -0.2) is 4.98 Å². The number of H-pyrrole nitrogens is 1. The summed E-state index contributed by atoms with van der Waals surface area (Å²) < 4.78 is 5.27. The normalized spacial score (nSPS) is 14.9. The second-order valence-electron chi connectivity index (χ2n) is 4.01. The van der Waals surface area contributed by atoms with Crippen LogP contribution in [0.25, 0.3) is 11.0 Å². The first-order valence-corrected chi connectivity index (χ1v) is 6.66. The van der Waals surface area contributed by atoms with E-state index in [0.717, 1.165) is 11.0 Å². The fourth-order valence-corrected chi connectivity index (χ4v) is 2.01. The average Bonchev–Trinajstić information content (AvgIpc) is 2.49. The molecule has 0 saturated carbocycles. The predicted octanol–water partition coefficient (Wildman–Crippen LogP) is 1.79. The van der Waals surface area contributed by atoms with Gasteiger partial charge in [0.25, 0.3) is 5.56 Å². The molecule has 2 heterocycles. The molecular formula is C14H19N3O2. The van der Waals surface area contributed by atoms with Crippen LogP contribution in [-0.2, 0) is 4.74 Å². The molecule has 0 bridgehead atoms. The molecule has 2 aromatic rings. The Bertz CT molecular complexity index is 589. The molecule has 0 amide bonds. The summed E-state index contributed by atoms with van der Waals surface area (Å²) in [5, 5.41) is 0. The van der Waals surface area contributed by atoms with E-state index < -0.39 is 0 Å². The predicted molar refractivity (Wildman–Crippen MR) is 76.7 cm³/mol. The Kier molecular flexibility index (Phi) is 4.52. The van der Waals surface area contributed by atoms with E-state index in [9.17, 15) is 4.79 Å². The second-order valence-corrected chi connectivity index (χ2v) is 4.01. The summed E-state index contributed by atoms with van der Waals surface area (Å²) in [6.07, 6.45) is 0. The van der Waals surface area contributed by atoms with Crippen molar-refractivity contribution in [3.8, 4) is 0 Å². The summed E-state index contributed by atoms with van der Waals surface area (Å²) in [5.41, 5.74) is 1.45. The summed E-state index contributed by atoms with van der Waals surface area (Å²) in [6.45, 7) is 6.73. The maximum absolute atomic E-state index is 11.9. The number of fused-ring (bicyclic) bond motifs is 1. The number of nitrogens with one attached hydrogen (secondary N) is 1. The van der Waals surface area contributed by atoms with Crippen LogP contribution in [0.1, 0.15) is 13.8 Å². The topological polar surface area (TPSA) is 58.2 Å². The fraction of sp³-hybridized carbons (Fsp3) is 0.429. The summed E-state index contributed by atoms with van der Waals surface area (Å²) >= 11 is 0. The molecule has 0 spiro atoms. The van der Waals surface area contributed by atoms with Gasteiger partial charge < -0.3 is 14.6 Å². The molecule has 19 heavy (non-hydrogen) atoms. The minimum atomic E-state index is -0.134. The minimum Gasteiger partial charge on any atom is -0.378 e. The van der Waals surface area contributed by atoms with Crippen LogP contribution >= 0.6 is 0 Å². The third-order valence-electron chi connectivity index (χ3n) is 2.89. The minimum absolute atomic E-state index is 0.134. The number of benzene rings is 1. The van der Waals surface area contributed by atoms with E-state index in [2.05, 4.69) is 9.97 Å². The molecule has 1 aromatic heterocycles. The van der Waals surface area contributed by atoms with Gasteiger partial charge in [-0.15, -0.1) is 0 Å². The van der Waals surface area contributed by atoms with Crippen LogP contribution in [0.5, 0.6) is 0 Å². The number of aromatic amines is 1. The molecule has 5 nitrogen and oxygen atoms in total. The Balaban J connectivity index is 0.000000637. The van der Waals surface area contributed by atoms with Crippen molar-refractivity contribution >= 4 is 16.9 Å². The molecule has 0 radical (unpaired) electrons. The summed E-state index contributed by atoms with van der Waals surface area (Å²) in [4.78, 5) is 21.2. The van der Waals surface area contributed by atoms with Gasteiger partial charge >= 0.3 is 0 Å². The van der Waals surface area contributed by atoms with E-state index in [-0.39, 0.29) is 5.56 Å². The quantitative estimate of drug-likeness (QED) is 0.850. The van der Waals surface area contributed by atoms with Crippen molar-refractivity contribution in [1.82, 2.24) is 9.97 Å². The molecule has 1 aromatic carbocycles. The third-order valence-corrected chi connectivity index (χ3v) is 2.89. The molecular weight excluding hydrogens is 242 g/mol. The van der Waals surface area contributed by atoms with E-state index in [0.29, 0.717) is 32.1 Å². The smallest absolute Gasteiger partial charge is 0.291 e. The van der Waals surface area contributed by atoms with E-state index in [4.69, 9.17) is 4.74 Å². The lowest BCUT2D eigenvalue weighted by molar-refractivity contribution is 0.122. The Hall–Kier alpha value is -1.88. The lowest BCUT2D eigenvalue weighted by Gasteiger charge is -2.27. The van der Waals surface area contributed by atoms with Crippen molar-refractivity contribution in [2.24, 2.45) is 0 Å². The van der Waals surface area contributed by atoms with Crippen LogP contribution in [0.4, 0.5) is 5.82 Å². The standard InChI is InChI=1S/C12H13N3O2.C2H6/c16-12-11(15-5-7-17-8-6-15)13-9-3-1-2-4-10(9)14-12;1-2/h1-4H,5-8H2,(H,14,16);1-2H3. The van der Waals surface area contributed by atoms with Gasteiger partial charge in [0, 0.05) is 13.1 Å². The molecule has 0 aliphatic carbocycles. The number of rotatable bonds is 1. The first kappa shape index (κ1) is 13.5. The van der Waals surface area contributed by atoms with Crippen LogP contribution in [0.3, 0.4) is 0 Å². The van der Waals surface area contributed by atoms with Crippen LogP contribution in [0.2, 0.25) is 0 Å². The van der Waals surface area contributed by atoms with Gasteiger partial charge in [0.1, 0.15) is 0 Å². The van der Waals surface area contributed by atoms with Gasteiger partial charge in [-0.2, -0.15) is 0 Å². The monoisotopic (exact) mass is 261 g/mol. The van der Waals surface area contributed by atoms with Crippen LogP contribution in [-0.4, -0.2) is 36.3 Å². The number of aromatic nitrogens is 2. The van der Waals surface area contributed by atoms with Gasteiger partial charge in [-0.3, -0.25) is 4.79 Å². The highest BCUT2D eigenvalue weighted by Crippen LogP contribution is 2.12. The first-order valence-electron chi connectivity index (χ1n) is 6.66. The molecule has 1 aliphatic rings. The number of nitrogens with zero attached hydrogens (tertiary/aromatic N) is 2. The molecule has 1 aliphatic heterocycles. The van der Waals surface area contributed by atoms with Crippen molar-refractivity contribution in [3.63, 3.8) is 0 Å². The van der Waals surface area contributed by atoms with E-state index >= 15 is 0 Å². The number of morpholine rings is 1. The molecule has 5 heteroatoms. The Labute approximate surface area is 112 Å². The first-order chi connectivity index (χ1) is 9.34. The lowest BCUT2D eigenvalue weighted by Crippen LogP contribution is -2.39. The Morgan fingerprint density at radius 3 is 2.63 bits per heavy atom. The summed E-state index contributed by atoms with van der Waals surface area (Å²) in [6, 6.07) is 7.55. The van der Waals surface area contributed by atoms with E-state index in [1.54, 1.807) is 0 Å². The van der Waals surface area contributed by atoms with Gasteiger partial charge in [-0.05, 0) is 12.1 Å². The maximum Gasteiger partial charge on any atom is 0.291 e. The molecule has 0 atom stereocenters. The average molecular weight is 261 g/mol. The summed E-state index contributed by atoms with van der Waals surface area (Å²) in [5.74, 6) is 0.493. The van der Waals surface area contributed by atoms with Gasteiger partial charge in [-0.1, -0.05) is 26.0 Å². The van der Waals surface area contributed by atoms with Crippen molar-refractivity contribution in [3.05, 3.63) is 34.6 Å². The van der Waals surface area contributed by atoms with Crippen molar-refractivity contribution in [2.75, 3.05) is 31.2 Å². The highest BCUT2D eigenvalue weighted by atomic mass is 16.5. The molecule has 1 fully saturated rings. The van der Waals surface area contributed by atoms with E-state index in [1.807, 2.05) is 43.0 Å². The number of hydrogen-bond acceptors (Lipinski definition) is 4. The maximum atomic E-state index is 11.9. The number of ether oxygens (including phenoxy) is 1. The largest absolute Gasteiger partial charge is 0.378 e. The van der Waals surface area contributed by atoms with Crippen LogP contribution in [0, 0.1) is 0 Å². The van der Waals surface area contributed by atoms with Crippen molar-refractivity contribution in [1.29, 1.82) is 0 Å². The zero-order valence-corrected chi connectivity index (χ0v) is 11.3. The molecule has 0 unspecified atom stereocenters. The SMILES string of the molecule is CC.O=c1[nH]c2ccccc2nc1N1CCOCC1. The summed E-state index contributed by atoms with van der Waals surface area (Å²) in [7, 11) is 0. The number of para-hydroxylation sites is 2. The van der Waals surface area contributed by atoms with Gasteiger partial charge in [0.15, 0.2) is 5.82 Å². The Morgan fingerprint density at radius 1 is 1.21 bits per heavy atom. The van der Waals surface area contributed by atoms with Crippen LogP contribution in [0.15, 0.2) is 29.1 Å². The van der Waals surface area contributed by atoms with Crippen molar-refractivity contribution in [2.45, 2.75) is 13.8 Å². The third kappa shape index (κ3) is 2.93. The van der Waals surface area contributed by atoms with E-state index in [1.165, 1.54) is 0 Å². The molecule has 1 saturated heterocycles. The zero-order chi connectivity index (χ0) is 13.7.